The number of carboxylic acids is 1. The highest BCUT2D eigenvalue weighted by atomic mass is 16.5. The van der Waals surface area contributed by atoms with E-state index >= 15 is 0 Å². The van der Waals surface area contributed by atoms with Crippen molar-refractivity contribution in [1.82, 2.24) is 10.2 Å². The molecule has 2 amide bonds. The highest BCUT2D eigenvalue weighted by molar-refractivity contribution is 5.88. The summed E-state index contributed by atoms with van der Waals surface area (Å²) in [6, 6.07) is 15.3. The minimum absolute atomic E-state index is 0.0721. The third-order valence-electron chi connectivity index (χ3n) is 5.80. The van der Waals surface area contributed by atoms with Crippen molar-refractivity contribution in [3.63, 3.8) is 0 Å². The van der Waals surface area contributed by atoms with Gasteiger partial charge in [-0.3, -0.25) is 9.59 Å². The summed E-state index contributed by atoms with van der Waals surface area (Å²) in [6.07, 6.45) is 1.33. The number of fused-ring (bicyclic) bond motifs is 3. The lowest BCUT2D eigenvalue weighted by Gasteiger charge is -2.25. The van der Waals surface area contributed by atoms with Crippen molar-refractivity contribution in [2.24, 2.45) is 0 Å². The summed E-state index contributed by atoms with van der Waals surface area (Å²) in [7, 11) is 0. The van der Waals surface area contributed by atoms with E-state index < -0.39 is 30.6 Å². The van der Waals surface area contributed by atoms with E-state index in [1.807, 2.05) is 43.3 Å². The summed E-state index contributed by atoms with van der Waals surface area (Å²) in [5.74, 6) is -1.57. The molecule has 0 unspecified atom stereocenters. The smallest absolute Gasteiger partial charge is 0.407 e. The van der Waals surface area contributed by atoms with Gasteiger partial charge in [-0.05, 0) is 35.6 Å². The van der Waals surface area contributed by atoms with Gasteiger partial charge in [-0.1, -0.05) is 68.3 Å². The van der Waals surface area contributed by atoms with Crippen LogP contribution in [0.25, 0.3) is 11.1 Å². The van der Waals surface area contributed by atoms with Crippen molar-refractivity contribution in [2.75, 3.05) is 19.7 Å². The molecule has 32 heavy (non-hydrogen) atoms. The molecule has 1 aliphatic rings. The fourth-order valence-corrected chi connectivity index (χ4v) is 4.18. The highest BCUT2D eigenvalue weighted by Gasteiger charge is 2.30. The molecule has 3 rings (SSSR count). The molecular weight excluding hydrogens is 408 g/mol. The standard InChI is InChI=1S/C25H30N2O5/c1-3-5-14-22(24(30)27(4-2)15-23(28)29)26-25(31)32-16-21-19-12-8-6-10-17(19)18-11-7-9-13-20(18)21/h6-13,21-22H,3-5,14-16H2,1-2H3,(H,26,31)(H,28,29)/t22-/m0/s1. The average molecular weight is 439 g/mol. The molecule has 0 heterocycles. The number of carboxylic acid groups (broad SMARTS) is 1. The number of aliphatic carboxylic acids is 1. The molecule has 2 aromatic carbocycles. The predicted molar refractivity (Wildman–Crippen MR) is 121 cm³/mol. The Morgan fingerprint density at radius 3 is 2.16 bits per heavy atom. The van der Waals surface area contributed by atoms with Crippen LogP contribution in [0.3, 0.4) is 0 Å². The van der Waals surface area contributed by atoms with Crippen molar-refractivity contribution < 1.29 is 24.2 Å². The second-order valence-electron chi connectivity index (χ2n) is 7.91. The average Bonchev–Trinajstić information content (AvgIpc) is 3.12. The normalized spacial score (nSPS) is 13.1. The zero-order valence-corrected chi connectivity index (χ0v) is 18.5. The molecule has 0 saturated carbocycles. The minimum Gasteiger partial charge on any atom is -0.480 e. The molecule has 0 aliphatic heterocycles. The number of hydrogen-bond acceptors (Lipinski definition) is 4. The fourth-order valence-electron chi connectivity index (χ4n) is 4.18. The second-order valence-corrected chi connectivity index (χ2v) is 7.91. The number of nitrogens with zero attached hydrogens (tertiary/aromatic N) is 1. The number of carbonyl (C=O) groups is 3. The molecule has 0 saturated heterocycles. The first-order valence-corrected chi connectivity index (χ1v) is 11.1. The largest absolute Gasteiger partial charge is 0.480 e. The van der Waals surface area contributed by atoms with Crippen molar-refractivity contribution >= 4 is 18.0 Å². The molecule has 0 spiro atoms. The van der Waals surface area contributed by atoms with Crippen LogP contribution in [0.4, 0.5) is 4.79 Å². The van der Waals surface area contributed by atoms with Crippen LogP contribution in [0.5, 0.6) is 0 Å². The van der Waals surface area contributed by atoms with Crippen molar-refractivity contribution in [3.8, 4) is 11.1 Å². The van der Waals surface area contributed by atoms with E-state index in [4.69, 9.17) is 9.84 Å². The first-order valence-electron chi connectivity index (χ1n) is 11.1. The number of amides is 2. The number of rotatable bonds is 10. The van der Waals surface area contributed by atoms with Crippen molar-refractivity contribution in [3.05, 3.63) is 59.7 Å². The first kappa shape index (κ1) is 23.3. The summed E-state index contributed by atoms with van der Waals surface area (Å²) in [6.45, 7) is 3.71. The molecule has 170 valence electrons. The predicted octanol–water partition coefficient (Wildman–Crippen LogP) is 4.02. The summed E-state index contributed by atoms with van der Waals surface area (Å²) < 4.78 is 5.56. The number of unbranched alkanes of at least 4 members (excludes halogenated alkanes) is 1. The molecule has 2 aromatic rings. The molecule has 2 N–H and O–H groups in total. The van der Waals surface area contributed by atoms with E-state index in [0.717, 1.165) is 35.1 Å². The van der Waals surface area contributed by atoms with Crippen LogP contribution in [0.2, 0.25) is 0 Å². The topological polar surface area (TPSA) is 95.9 Å². The lowest BCUT2D eigenvalue weighted by atomic mass is 9.98. The van der Waals surface area contributed by atoms with Gasteiger partial charge in [-0.25, -0.2) is 4.79 Å². The molecule has 0 bridgehead atoms. The molecular formula is C25H30N2O5. The first-order chi connectivity index (χ1) is 15.5. The molecule has 7 heteroatoms. The number of carbonyl (C=O) groups excluding carboxylic acids is 2. The number of alkyl carbamates (subject to hydrolysis) is 1. The summed E-state index contributed by atoms with van der Waals surface area (Å²) >= 11 is 0. The van der Waals surface area contributed by atoms with Gasteiger partial charge in [0.15, 0.2) is 0 Å². The Labute approximate surface area is 188 Å². The Morgan fingerprint density at radius 2 is 1.62 bits per heavy atom. The fraction of sp³-hybridized carbons (Fsp3) is 0.400. The van der Waals surface area contributed by atoms with E-state index in [2.05, 4.69) is 17.4 Å². The van der Waals surface area contributed by atoms with Crippen molar-refractivity contribution in [2.45, 2.75) is 45.1 Å². The summed E-state index contributed by atoms with van der Waals surface area (Å²) in [5.41, 5.74) is 4.50. The second kappa shape index (κ2) is 10.8. The van der Waals surface area contributed by atoms with Crippen molar-refractivity contribution in [1.29, 1.82) is 0 Å². The maximum atomic E-state index is 12.8. The Morgan fingerprint density at radius 1 is 1.03 bits per heavy atom. The van der Waals surface area contributed by atoms with Gasteiger partial charge < -0.3 is 20.1 Å². The Hall–Kier alpha value is -3.35. The Balaban J connectivity index is 1.68. The number of hydrogen-bond donors (Lipinski definition) is 2. The SMILES string of the molecule is CCCC[C@H](NC(=O)OCC1c2ccccc2-c2ccccc21)C(=O)N(CC)CC(=O)O. The summed E-state index contributed by atoms with van der Waals surface area (Å²) in [4.78, 5) is 37.8. The van der Waals surface area contributed by atoms with Crippen LogP contribution in [-0.4, -0.2) is 53.7 Å². The number of likely N-dealkylation sites (N-methyl/N-ethyl adjacent to an activating group) is 1. The maximum Gasteiger partial charge on any atom is 0.407 e. The molecule has 0 aromatic heterocycles. The van der Waals surface area contributed by atoms with Crippen LogP contribution in [0.1, 0.15) is 50.2 Å². The third-order valence-corrected chi connectivity index (χ3v) is 5.80. The van der Waals surface area contributed by atoms with Crippen LogP contribution in [0.15, 0.2) is 48.5 Å². The quantitative estimate of drug-likeness (QED) is 0.584. The highest BCUT2D eigenvalue weighted by Crippen LogP contribution is 2.44. The van der Waals surface area contributed by atoms with Gasteiger partial charge in [0, 0.05) is 12.5 Å². The number of benzene rings is 2. The monoisotopic (exact) mass is 438 g/mol. The zero-order valence-electron chi connectivity index (χ0n) is 18.5. The molecule has 1 aliphatic carbocycles. The Bertz CT molecular complexity index is 929. The third kappa shape index (κ3) is 5.28. The lowest BCUT2D eigenvalue weighted by molar-refractivity contribution is -0.145. The van der Waals surface area contributed by atoms with Gasteiger partial charge in [0.1, 0.15) is 19.2 Å². The van der Waals surface area contributed by atoms with Gasteiger partial charge in [-0.15, -0.1) is 0 Å². The van der Waals surface area contributed by atoms with Crippen LogP contribution in [-0.2, 0) is 14.3 Å². The zero-order chi connectivity index (χ0) is 23.1. The molecule has 0 radical (unpaired) electrons. The van der Waals surface area contributed by atoms with E-state index in [1.165, 1.54) is 4.90 Å². The molecule has 0 fully saturated rings. The Kier molecular flexibility index (Phi) is 7.87. The summed E-state index contributed by atoms with van der Waals surface area (Å²) in [5, 5.41) is 11.7. The van der Waals surface area contributed by atoms with Gasteiger partial charge in [-0.2, -0.15) is 0 Å². The molecule has 7 nitrogen and oxygen atoms in total. The van der Waals surface area contributed by atoms with E-state index in [0.29, 0.717) is 6.42 Å². The number of nitrogens with one attached hydrogen (secondary N) is 1. The lowest BCUT2D eigenvalue weighted by Crippen LogP contribution is -2.50. The van der Waals surface area contributed by atoms with Gasteiger partial charge in [0.05, 0.1) is 0 Å². The van der Waals surface area contributed by atoms with Crippen LogP contribution in [0, 0.1) is 0 Å². The van der Waals surface area contributed by atoms with Gasteiger partial charge in [0.2, 0.25) is 5.91 Å². The van der Waals surface area contributed by atoms with E-state index in [-0.39, 0.29) is 19.1 Å². The molecule has 1 atom stereocenters. The van der Waals surface area contributed by atoms with Gasteiger partial charge >= 0.3 is 12.1 Å². The maximum absolute atomic E-state index is 12.8. The van der Waals surface area contributed by atoms with Crippen LogP contribution < -0.4 is 5.32 Å². The van der Waals surface area contributed by atoms with E-state index in [9.17, 15) is 14.4 Å². The van der Waals surface area contributed by atoms with Crippen LogP contribution >= 0.6 is 0 Å². The van der Waals surface area contributed by atoms with E-state index in [1.54, 1.807) is 6.92 Å². The van der Waals surface area contributed by atoms with Gasteiger partial charge in [0.25, 0.3) is 0 Å². The number of ether oxygens (including phenoxy) is 1. The minimum atomic E-state index is -1.09.